The molecule has 0 saturated carbocycles. The van der Waals surface area contributed by atoms with E-state index in [1.165, 1.54) is 0 Å². The molecule has 7 nitrogen and oxygen atoms in total. The summed E-state index contributed by atoms with van der Waals surface area (Å²) in [5, 5.41) is 10.1. The Labute approximate surface area is 166 Å². The highest BCUT2D eigenvalue weighted by Gasteiger charge is 2.16. The maximum Gasteiger partial charge on any atom is 0.239 e. The molecule has 7 heteroatoms. The van der Waals surface area contributed by atoms with Crippen LogP contribution in [0.2, 0.25) is 0 Å². The van der Waals surface area contributed by atoms with Crippen molar-refractivity contribution in [2.24, 2.45) is 0 Å². The van der Waals surface area contributed by atoms with Crippen molar-refractivity contribution in [3.63, 3.8) is 0 Å². The number of aryl methyl sites for hydroxylation is 1. The van der Waals surface area contributed by atoms with E-state index in [1.807, 2.05) is 63.6 Å². The van der Waals surface area contributed by atoms with Crippen molar-refractivity contribution < 1.29 is 14.3 Å². The SMILES string of the molecule is COc1cccc(-n2nc(C)c(CCC(=O)NCC(=O)NC(C)(C)C)c2C)c1. The van der Waals surface area contributed by atoms with Gasteiger partial charge in [-0.05, 0) is 58.7 Å². The molecule has 0 aliphatic carbocycles. The average molecular weight is 386 g/mol. The molecule has 1 heterocycles. The first-order valence-corrected chi connectivity index (χ1v) is 9.38. The van der Waals surface area contributed by atoms with Gasteiger partial charge in [0.25, 0.3) is 0 Å². The van der Waals surface area contributed by atoms with Crippen LogP contribution in [0.5, 0.6) is 5.75 Å². The highest BCUT2D eigenvalue weighted by molar-refractivity contribution is 5.85. The number of ether oxygens (including phenoxy) is 1. The van der Waals surface area contributed by atoms with E-state index in [4.69, 9.17) is 4.74 Å². The van der Waals surface area contributed by atoms with Gasteiger partial charge < -0.3 is 15.4 Å². The maximum atomic E-state index is 12.1. The molecule has 2 rings (SSSR count). The van der Waals surface area contributed by atoms with Gasteiger partial charge in [0, 0.05) is 23.7 Å². The van der Waals surface area contributed by atoms with Crippen LogP contribution in [0, 0.1) is 13.8 Å². The van der Waals surface area contributed by atoms with Crippen molar-refractivity contribution in [3.8, 4) is 11.4 Å². The molecule has 0 saturated heterocycles. The molecule has 2 N–H and O–H groups in total. The van der Waals surface area contributed by atoms with Gasteiger partial charge in [0.15, 0.2) is 0 Å². The lowest BCUT2D eigenvalue weighted by molar-refractivity contribution is -0.126. The summed E-state index contributed by atoms with van der Waals surface area (Å²) in [7, 11) is 1.63. The second-order valence-corrected chi connectivity index (χ2v) is 7.84. The van der Waals surface area contributed by atoms with E-state index in [0.29, 0.717) is 12.8 Å². The number of benzene rings is 1. The van der Waals surface area contributed by atoms with Crippen molar-refractivity contribution in [2.45, 2.75) is 53.0 Å². The normalized spacial score (nSPS) is 11.2. The highest BCUT2D eigenvalue weighted by Crippen LogP contribution is 2.22. The predicted molar refractivity (Wildman–Crippen MR) is 109 cm³/mol. The summed E-state index contributed by atoms with van der Waals surface area (Å²) < 4.78 is 7.14. The van der Waals surface area contributed by atoms with Gasteiger partial charge in [0.05, 0.1) is 25.0 Å². The number of nitrogens with one attached hydrogen (secondary N) is 2. The van der Waals surface area contributed by atoms with Crippen LogP contribution in [0.15, 0.2) is 24.3 Å². The maximum absolute atomic E-state index is 12.1. The van der Waals surface area contributed by atoms with Crippen LogP contribution in [0.25, 0.3) is 5.69 Å². The van der Waals surface area contributed by atoms with Crippen LogP contribution < -0.4 is 15.4 Å². The predicted octanol–water partition coefficient (Wildman–Crippen LogP) is 2.46. The van der Waals surface area contributed by atoms with E-state index < -0.39 is 0 Å². The third kappa shape index (κ3) is 5.84. The molecule has 2 amide bonds. The van der Waals surface area contributed by atoms with E-state index in [9.17, 15) is 9.59 Å². The minimum Gasteiger partial charge on any atom is -0.497 e. The summed E-state index contributed by atoms with van der Waals surface area (Å²) in [5.41, 5.74) is 3.51. The third-order valence-electron chi connectivity index (χ3n) is 4.30. The summed E-state index contributed by atoms with van der Waals surface area (Å²) in [5.74, 6) is 0.413. The minimum absolute atomic E-state index is 0.0167. The molecule has 152 valence electrons. The van der Waals surface area contributed by atoms with Crippen LogP contribution in [0.3, 0.4) is 0 Å². The Kier molecular flexibility index (Phi) is 6.83. The van der Waals surface area contributed by atoms with Gasteiger partial charge in [-0.15, -0.1) is 0 Å². The minimum atomic E-state index is -0.315. The van der Waals surface area contributed by atoms with Crippen molar-refractivity contribution in [1.29, 1.82) is 0 Å². The number of hydrogen-bond acceptors (Lipinski definition) is 4. The zero-order valence-corrected chi connectivity index (χ0v) is 17.5. The first kappa shape index (κ1) is 21.5. The first-order valence-electron chi connectivity index (χ1n) is 9.38. The number of nitrogens with zero attached hydrogens (tertiary/aromatic N) is 2. The van der Waals surface area contributed by atoms with Gasteiger partial charge >= 0.3 is 0 Å². The number of carbonyl (C=O) groups is 2. The third-order valence-corrected chi connectivity index (χ3v) is 4.30. The molecule has 1 aromatic carbocycles. The van der Waals surface area contributed by atoms with Crippen molar-refractivity contribution in [3.05, 3.63) is 41.2 Å². The summed E-state index contributed by atoms with van der Waals surface area (Å²) in [6, 6.07) is 7.69. The number of aromatic nitrogens is 2. The second-order valence-electron chi connectivity index (χ2n) is 7.84. The summed E-state index contributed by atoms with van der Waals surface area (Å²) in [6.45, 7) is 9.61. The van der Waals surface area contributed by atoms with E-state index >= 15 is 0 Å². The fraction of sp³-hybridized carbons (Fsp3) is 0.476. The Hall–Kier alpha value is -2.83. The zero-order valence-electron chi connectivity index (χ0n) is 17.5. The monoisotopic (exact) mass is 386 g/mol. The Morgan fingerprint density at radius 2 is 1.89 bits per heavy atom. The largest absolute Gasteiger partial charge is 0.497 e. The fourth-order valence-electron chi connectivity index (χ4n) is 3.00. The van der Waals surface area contributed by atoms with Crippen LogP contribution >= 0.6 is 0 Å². The molecule has 28 heavy (non-hydrogen) atoms. The van der Waals surface area contributed by atoms with Gasteiger partial charge in [0.2, 0.25) is 11.8 Å². The molecule has 0 radical (unpaired) electrons. The molecule has 0 bridgehead atoms. The summed E-state index contributed by atoms with van der Waals surface area (Å²) in [4.78, 5) is 23.9. The zero-order chi connectivity index (χ0) is 20.9. The summed E-state index contributed by atoms with van der Waals surface area (Å²) in [6.07, 6.45) is 0.864. The van der Waals surface area contributed by atoms with Gasteiger partial charge in [-0.3, -0.25) is 9.59 Å². The lowest BCUT2D eigenvalue weighted by Crippen LogP contribution is -2.45. The van der Waals surface area contributed by atoms with Crippen LogP contribution in [-0.4, -0.2) is 40.8 Å². The Balaban J connectivity index is 1.98. The van der Waals surface area contributed by atoms with E-state index in [1.54, 1.807) is 7.11 Å². The fourth-order valence-corrected chi connectivity index (χ4v) is 3.00. The van der Waals surface area contributed by atoms with Crippen molar-refractivity contribution in [1.82, 2.24) is 20.4 Å². The first-order chi connectivity index (χ1) is 13.1. The molecule has 0 aliphatic heterocycles. The Morgan fingerprint density at radius 3 is 2.54 bits per heavy atom. The highest BCUT2D eigenvalue weighted by atomic mass is 16.5. The molecule has 0 spiro atoms. The molecule has 0 unspecified atom stereocenters. The van der Waals surface area contributed by atoms with Gasteiger partial charge in [-0.25, -0.2) is 4.68 Å². The molecule has 0 atom stereocenters. The number of methoxy groups -OCH3 is 1. The standard InChI is InChI=1S/C21H30N4O3/c1-14-18(10-11-19(26)22-13-20(27)23-21(3,4)5)15(2)25(24-14)16-8-7-9-17(12-16)28-6/h7-9,12H,10-11,13H2,1-6H3,(H,22,26)(H,23,27). The molecular formula is C21H30N4O3. The number of rotatable bonds is 7. The number of amides is 2. The molecule has 2 aromatic rings. The van der Waals surface area contributed by atoms with Crippen LogP contribution in [-0.2, 0) is 16.0 Å². The lowest BCUT2D eigenvalue weighted by Gasteiger charge is -2.20. The lowest BCUT2D eigenvalue weighted by atomic mass is 10.1. The molecule has 0 fully saturated rings. The van der Waals surface area contributed by atoms with E-state index in [0.717, 1.165) is 28.4 Å². The summed E-state index contributed by atoms with van der Waals surface area (Å²) >= 11 is 0. The average Bonchev–Trinajstić information content (AvgIpc) is 2.91. The van der Waals surface area contributed by atoms with Gasteiger partial charge in [-0.1, -0.05) is 6.07 Å². The Morgan fingerprint density at radius 1 is 1.18 bits per heavy atom. The van der Waals surface area contributed by atoms with Crippen LogP contribution in [0.4, 0.5) is 0 Å². The molecule has 1 aromatic heterocycles. The Bertz CT molecular complexity index is 850. The van der Waals surface area contributed by atoms with Crippen molar-refractivity contribution >= 4 is 11.8 Å². The molecule has 0 aliphatic rings. The van der Waals surface area contributed by atoms with E-state index in [2.05, 4.69) is 15.7 Å². The quantitative estimate of drug-likeness (QED) is 0.765. The second kappa shape index (κ2) is 8.91. The van der Waals surface area contributed by atoms with Gasteiger partial charge in [-0.2, -0.15) is 5.10 Å². The molecular weight excluding hydrogens is 356 g/mol. The number of carbonyl (C=O) groups excluding carboxylic acids is 2. The smallest absolute Gasteiger partial charge is 0.239 e. The van der Waals surface area contributed by atoms with Gasteiger partial charge in [0.1, 0.15) is 5.75 Å². The van der Waals surface area contributed by atoms with E-state index in [-0.39, 0.29) is 23.9 Å². The number of hydrogen-bond donors (Lipinski definition) is 2. The van der Waals surface area contributed by atoms with Crippen LogP contribution in [0.1, 0.15) is 44.1 Å². The topological polar surface area (TPSA) is 85.2 Å². The van der Waals surface area contributed by atoms with Crippen molar-refractivity contribution in [2.75, 3.05) is 13.7 Å².